The van der Waals surface area contributed by atoms with Crippen molar-refractivity contribution in [2.24, 2.45) is 0 Å². The number of ether oxygens (including phenoxy) is 1. The minimum atomic E-state index is -0.538. The van der Waals surface area contributed by atoms with Crippen molar-refractivity contribution in [3.8, 4) is 11.5 Å². The molecule has 0 aliphatic rings. The van der Waals surface area contributed by atoms with Gasteiger partial charge in [0.1, 0.15) is 11.5 Å². The summed E-state index contributed by atoms with van der Waals surface area (Å²) >= 11 is 6.23. The van der Waals surface area contributed by atoms with E-state index >= 15 is 0 Å². The molecule has 0 spiro atoms. The smallest absolute Gasteiger partial charge is 0.146 e. The maximum absolute atomic E-state index is 9.55. The van der Waals surface area contributed by atoms with Gasteiger partial charge in [-0.1, -0.05) is 29.8 Å². The van der Waals surface area contributed by atoms with E-state index < -0.39 is 6.10 Å². The van der Waals surface area contributed by atoms with Gasteiger partial charge in [-0.25, -0.2) is 0 Å². The summed E-state index contributed by atoms with van der Waals surface area (Å²) in [7, 11) is 0. The lowest BCUT2D eigenvalue weighted by atomic mass is 10.1. The highest BCUT2D eigenvalue weighted by Crippen LogP contribution is 2.35. The van der Waals surface area contributed by atoms with Gasteiger partial charge in [0.05, 0.1) is 11.1 Å². The van der Waals surface area contributed by atoms with Gasteiger partial charge >= 0.3 is 0 Å². The minimum absolute atomic E-state index is 0.503. The number of aliphatic hydroxyl groups is 1. The van der Waals surface area contributed by atoms with Crippen molar-refractivity contribution in [1.29, 1.82) is 0 Å². The number of aliphatic hydroxyl groups excluding tert-OH is 1. The minimum Gasteiger partial charge on any atom is -0.455 e. The molecule has 0 aliphatic carbocycles. The predicted molar refractivity (Wildman–Crippen MR) is 82.8 cm³/mol. The fourth-order valence-electron chi connectivity index (χ4n) is 2.05. The zero-order valence-corrected chi connectivity index (χ0v) is 13.0. The Morgan fingerprint density at radius 2 is 1.70 bits per heavy atom. The van der Waals surface area contributed by atoms with Crippen LogP contribution in [0.25, 0.3) is 0 Å². The van der Waals surface area contributed by atoms with Crippen molar-refractivity contribution in [3.05, 3.63) is 57.6 Å². The SMILES string of the molecule is Cc1ccc(C)c(Oc2ccc([C@H](C)O)cc2Cl)c1C. The van der Waals surface area contributed by atoms with E-state index in [4.69, 9.17) is 16.3 Å². The van der Waals surface area contributed by atoms with Crippen molar-refractivity contribution in [2.45, 2.75) is 33.8 Å². The van der Waals surface area contributed by atoms with E-state index in [1.165, 1.54) is 5.56 Å². The Bertz CT molecular complexity index is 633. The molecule has 0 saturated carbocycles. The van der Waals surface area contributed by atoms with Crippen LogP contribution in [0.15, 0.2) is 30.3 Å². The summed E-state index contributed by atoms with van der Waals surface area (Å²) in [5, 5.41) is 10.1. The van der Waals surface area contributed by atoms with Crippen LogP contribution < -0.4 is 4.74 Å². The van der Waals surface area contributed by atoms with Gasteiger partial charge in [0, 0.05) is 0 Å². The lowest BCUT2D eigenvalue weighted by Gasteiger charge is -2.15. The molecule has 0 aromatic heterocycles. The van der Waals surface area contributed by atoms with Gasteiger partial charge in [-0.05, 0) is 62.1 Å². The van der Waals surface area contributed by atoms with Crippen molar-refractivity contribution in [1.82, 2.24) is 0 Å². The average Bonchev–Trinajstić information content (AvgIpc) is 2.40. The maximum Gasteiger partial charge on any atom is 0.146 e. The van der Waals surface area contributed by atoms with Crippen LogP contribution in [0.1, 0.15) is 35.3 Å². The van der Waals surface area contributed by atoms with Gasteiger partial charge in [0.25, 0.3) is 0 Å². The van der Waals surface area contributed by atoms with Gasteiger partial charge in [-0.3, -0.25) is 0 Å². The monoisotopic (exact) mass is 290 g/mol. The molecule has 0 aliphatic heterocycles. The summed E-state index contributed by atoms with van der Waals surface area (Å²) in [5.74, 6) is 1.45. The predicted octanol–water partition coefficient (Wildman–Crippen LogP) is 5.11. The Kier molecular flexibility index (Phi) is 4.36. The zero-order valence-electron chi connectivity index (χ0n) is 12.2. The van der Waals surface area contributed by atoms with E-state index in [1.54, 1.807) is 19.1 Å². The Morgan fingerprint density at radius 3 is 2.30 bits per heavy atom. The average molecular weight is 291 g/mol. The molecular weight excluding hydrogens is 272 g/mol. The van der Waals surface area contributed by atoms with E-state index in [2.05, 4.69) is 13.0 Å². The van der Waals surface area contributed by atoms with Gasteiger partial charge in [0.2, 0.25) is 0 Å². The third kappa shape index (κ3) is 2.97. The van der Waals surface area contributed by atoms with Crippen LogP contribution in [-0.4, -0.2) is 5.11 Å². The second-order valence-corrected chi connectivity index (χ2v) is 5.53. The molecule has 2 nitrogen and oxygen atoms in total. The molecule has 3 heteroatoms. The van der Waals surface area contributed by atoms with Gasteiger partial charge in [-0.2, -0.15) is 0 Å². The highest BCUT2D eigenvalue weighted by atomic mass is 35.5. The highest BCUT2D eigenvalue weighted by Gasteiger charge is 2.11. The van der Waals surface area contributed by atoms with Crippen LogP contribution in [0.4, 0.5) is 0 Å². The van der Waals surface area contributed by atoms with E-state index in [9.17, 15) is 5.11 Å². The Morgan fingerprint density at radius 1 is 1.05 bits per heavy atom. The molecule has 2 aromatic carbocycles. The van der Waals surface area contributed by atoms with Gasteiger partial charge < -0.3 is 9.84 Å². The van der Waals surface area contributed by atoms with Crippen LogP contribution in [0.3, 0.4) is 0 Å². The number of hydrogen-bond acceptors (Lipinski definition) is 2. The molecule has 1 atom stereocenters. The molecular formula is C17H19ClO2. The number of halogens is 1. The summed E-state index contributed by atoms with van der Waals surface area (Å²) in [6, 6.07) is 9.48. The quantitative estimate of drug-likeness (QED) is 0.851. The van der Waals surface area contributed by atoms with Crippen molar-refractivity contribution >= 4 is 11.6 Å². The van der Waals surface area contributed by atoms with Crippen LogP contribution in [0.2, 0.25) is 5.02 Å². The van der Waals surface area contributed by atoms with E-state index in [1.807, 2.05) is 26.0 Å². The molecule has 0 saturated heterocycles. The Labute approximate surface area is 125 Å². The highest BCUT2D eigenvalue weighted by molar-refractivity contribution is 6.32. The normalized spacial score (nSPS) is 12.3. The molecule has 0 unspecified atom stereocenters. The van der Waals surface area contributed by atoms with Gasteiger partial charge in [-0.15, -0.1) is 0 Å². The zero-order chi connectivity index (χ0) is 14.9. The van der Waals surface area contributed by atoms with Crippen molar-refractivity contribution in [3.63, 3.8) is 0 Å². The molecule has 1 N–H and O–H groups in total. The molecule has 0 amide bonds. The van der Waals surface area contributed by atoms with E-state index in [0.29, 0.717) is 10.8 Å². The first-order valence-corrected chi connectivity index (χ1v) is 7.00. The molecule has 20 heavy (non-hydrogen) atoms. The van der Waals surface area contributed by atoms with Crippen LogP contribution >= 0.6 is 11.6 Å². The summed E-state index contributed by atoms with van der Waals surface area (Å²) in [4.78, 5) is 0. The number of hydrogen-bond donors (Lipinski definition) is 1. The molecule has 2 rings (SSSR count). The molecule has 0 bridgehead atoms. The largest absolute Gasteiger partial charge is 0.455 e. The van der Waals surface area contributed by atoms with Gasteiger partial charge in [0.15, 0.2) is 0 Å². The Hall–Kier alpha value is -1.51. The lowest BCUT2D eigenvalue weighted by Crippen LogP contribution is -1.96. The molecule has 2 aromatic rings. The van der Waals surface area contributed by atoms with Crippen molar-refractivity contribution in [2.75, 3.05) is 0 Å². The summed E-state index contributed by atoms with van der Waals surface area (Å²) < 4.78 is 5.97. The number of aryl methyl sites for hydroxylation is 2. The maximum atomic E-state index is 9.55. The number of rotatable bonds is 3. The fraction of sp³-hybridized carbons (Fsp3) is 0.294. The van der Waals surface area contributed by atoms with Crippen LogP contribution in [-0.2, 0) is 0 Å². The summed E-state index contributed by atoms with van der Waals surface area (Å²) in [6.45, 7) is 7.82. The molecule has 106 valence electrons. The fourth-order valence-corrected chi connectivity index (χ4v) is 2.28. The topological polar surface area (TPSA) is 29.5 Å². The lowest BCUT2D eigenvalue weighted by molar-refractivity contribution is 0.199. The molecule has 0 heterocycles. The summed E-state index contributed by atoms with van der Waals surface area (Å²) in [5.41, 5.74) is 4.15. The van der Waals surface area contributed by atoms with Crippen LogP contribution in [0.5, 0.6) is 11.5 Å². The third-order valence-corrected chi connectivity index (χ3v) is 3.82. The third-order valence-electron chi connectivity index (χ3n) is 3.52. The second-order valence-electron chi connectivity index (χ2n) is 5.12. The van der Waals surface area contributed by atoms with E-state index in [0.717, 1.165) is 22.4 Å². The van der Waals surface area contributed by atoms with Crippen LogP contribution in [0, 0.1) is 20.8 Å². The first-order chi connectivity index (χ1) is 9.40. The number of benzene rings is 2. The molecule has 0 fully saturated rings. The first kappa shape index (κ1) is 14.9. The van der Waals surface area contributed by atoms with Crippen molar-refractivity contribution < 1.29 is 9.84 Å². The first-order valence-electron chi connectivity index (χ1n) is 6.62. The standard InChI is InChI=1S/C17H19ClO2/c1-10-5-6-11(2)17(12(10)3)20-16-8-7-14(13(4)19)9-15(16)18/h5-9,13,19H,1-4H3/t13-/m0/s1. The molecule has 0 radical (unpaired) electrons. The Balaban J connectivity index is 2.38. The second kappa shape index (κ2) is 5.86. The summed E-state index contributed by atoms with van der Waals surface area (Å²) in [6.07, 6.45) is -0.538. The van der Waals surface area contributed by atoms with E-state index in [-0.39, 0.29) is 0 Å².